The van der Waals surface area contributed by atoms with E-state index in [1.54, 1.807) is 13.0 Å². The van der Waals surface area contributed by atoms with E-state index in [1.807, 2.05) is 0 Å². The molecule has 0 aliphatic carbocycles. The number of Topliss-reactive ketones (excluding diaryl/α,β-unsaturated/α-hetero) is 1. The van der Waals surface area contributed by atoms with E-state index < -0.39 is 16.4 Å². The number of methoxy groups -OCH3 is 1. The molecule has 0 aliphatic heterocycles. The maximum Gasteiger partial charge on any atom is 0.332 e. The molecule has 2 N–H and O–H groups in total. The van der Waals surface area contributed by atoms with Crippen LogP contribution in [0, 0.1) is 17.0 Å². The monoisotopic (exact) mass is 314 g/mol. The number of nitrogens with zero attached hydrogens (tertiary/aromatic N) is 1. The van der Waals surface area contributed by atoms with Crippen molar-refractivity contribution in [1.29, 1.82) is 0 Å². The third kappa shape index (κ3) is 2.67. The number of ketones is 1. The van der Waals surface area contributed by atoms with Crippen molar-refractivity contribution in [1.82, 2.24) is 0 Å². The van der Waals surface area contributed by atoms with Gasteiger partial charge in [0.25, 0.3) is 5.78 Å². The van der Waals surface area contributed by atoms with Gasteiger partial charge in [0, 0.05) is 5.56 Å². The fourth-order valence-electron chi connectivity index (χ4n) is 1.41. The van der Waals surface area contributed by atoms with E-state index in [0.717, 1.165) is 0 Å². The first-order valence-electron chi connectivity index (χ1n) is 4.87. The SMILES string of the molecule is COc1cc(C)c(C(=O)/C(=C\N)[N+](=O)[O-])cc1Br. The number of halogens is 1. The van der Waals surface area contributed by atoms with E-state index in [0.29, 0.717) is 22.0 Å². The molecule has 96 valence electrons. The first kappa shape index (κ1) is 14.2. The Morgan fingerprint density at radius 3 is 2.61 bits per heavy atom. The summed E-state index contributed by atoms with van der Waals surface area (Å²) in [5.74, 6) is -0.188. The van der Waals surface area contributed by atoms with Crippen molar-refractivity contribution < 1.29 is 14.5 Å². The minimum absolute atomic E-state index is 0.205. The standard InChI is InChI=1S/C11H11BrN2O4/c1-6-3-10(18-2)8(12)4-7(6)11(15)9(5-13)14(16)17/h3-5H,13H2,1-2H3/b9-5+. The smallest absolute Gasteiger partial charge is 0.332 e. The molecule has 7 heteroatoms. The molecule has 0 aromatic heterocycles. The largest absolute Gasteiger partial charge is 0.496 e. The second kappa shape index (κ2) is 5.63. The van der Waals surface area contributed by atoms with Crippen LogP contribution in [0.4, 0.5) is 0 Å². The van der Waals surface area contributed by atoms with Gasteiger partial charge in [0.15, 0.2) is 0 Å². The molecule has 0 saturated carbocycles. The molecule has 0 fully saturated rings. The summed E-state index contributed by atoms with van der Waals surface area (Å²) in [4.78, 5) is 21.8. The molecule has 0 radical (unpaired) electrons. The van der Waals surface area contributed by atoms with Crippen molar-refractivity contribution in [2.45, 2.75) is 6.92 Å². The minimum atomic E-state index is -0.806. The Balaban J connectivity index is 3.31. The van der Waals surface area contributed by atoms with E-state index in [-0.39, 0.29) is 5.56 Å². The number of hydrogen-bond acceptors (Lipinski definition) is 5. The van der Waals surface area contributed by atoms with Crippen molar-refractivity contribution in [3.05, 3.63) is 49.7 Å². The van der Waals surface area contributed by atoms with Crippen LogP contribution in [0.5, 0.6) is 5.75 Å². The lowest BCUT2D eigenvalue weighted by Crippen LogP contribution is -2.14. The van der Waals surface area contributed by atoms with Crippen LogP contribution in [0.15, 0.2) is 28.5 Å². The molecular weight excluding hydrogens is 304 g/mol. The average molecular weight is 315 g/mol. The number of carbonyl (C=O) groups excluding carboxylic acids is 1. The molecule has 0 amide bonds. The number of allylic oxidation sites excluding steroid dienone is 1. The summed E-state index contributed by atoms with van der Waals surface area (Å²) in [5, 5.41) is 10.7. The summed E-state index contributed by atoms with van der Waals surface area (Å²) in [6.45, 7) is 1.66. The highest BCUT2D eigenvalue weighted by Gasteiger charge is 2.25. The molecule has 0 unspecified atom stereocenters. The lowest BCUT2D eigenvalue weighted by molar-refractivity contribution is -0.417. The zero-order chi connectivity index (χ0) is 13.9. The highest BCUT2D eigenvalue weighted by Crippen LogP contribution is 2.29. The van der Waals surface area contributed by atoms with Crippen LogP contribution in [-0.2, 0) is 0 Å². The van der Waals surface area contributed by atoms with Crippen LogP contribution in [0.1, 0.15) is 15.9 Å². The molecule has 0 bridgehead atoms. The van der Waals surface area contributed by atoms with Gasteiger partial charge in [-0.2, -0.15) is 0 Å². The maximum absolute atomic E-state index is 11.9. The third-order valence-corrected chi connectivity index (χ3v) is 2.95. The van der Waals surface area contributed by atoms with Crippen molar-refractivity contribution in [3.8, 4) is 5.75 Å². The van der Waals surface area contributed by atoms with Gasteiger partial charge in [0.2, 0.25) is 0 Å². The Hall–Kier alpha value is -1.89. The summed E-state index contributed by atoms with van der Waals surface area (Å²) >= 11 is 3.22. The van der Waals surface area contributed by atoms with Crippen molar-refractivity contribution >= 4 is 21.7 Å². The Labute approximate surface area is 112 Å². The molecule has 0 saturated heterocycles. The van der Waals surface area contributed by atoms with Crippen molar-refractivity contribution in [3.63, 3.8) is 0 Å². The molecule has 0 aliphatic rings. The molecule has 18 heavy (non-hydrogen) atoms. The van der Waals surface area contributed by atoms with Gasteiger partial charge in [0.1, 0.15) is 5.75 Å². The molecule has 1 aromatic carbocycles. The topological polar surface area (TPSA) is 95.5 Å². The van der Waals surface area contributed by atoms with Gasteiger partial charge >= 0.3 is 5.70 Å². The summed E-state index contributed by atoms with van der Waals surface area (Å²) in [6, 6.07) is 3.09. The molecule has 1 rings (SSSR count). The van der Waals surface area contributed by atoms with Crippen LogP contribution >= 0.6 is 15.9 Å². The number of nitrogens with two attached hydrogens (primary N) is 1. The number of hydrogen-bond donors (Lipinski definition) is 1. The van der Waals surface area contributed by atoms with E-state index >= 15 is 0 Å². The number of carbonyl (C=O) groups is 1. The highest BCUT2D eigenvalue weighted by atomic mass is 79.9. The van der Waals surface area contributed by atoms with Crippen LogP contribution in [-0.4, -0.2) is 17.8 Å². The van der Waals surface area contributed by atoms with Crippen LogP contribution < -0.4 is 10.5 Å². The number of ether oxygens (including phenoxy) is 1. The molecular formula is C11H11BrN2O4. The van der Waals surface area contributed by atoms with Gasteiger partial charge < -0.3 is 10.5 Å². The lowest BCUT2D eigenvalue weighted by Gasteiger charge is -2.08. The number of benzene rings is 1. The Kier molecular flexibility index (Phi) is 4.43. The second-order valence-corrected chi connectivity index (χ2v) is 4.29. The van der Waals surface area contributed by atoms with Gasteiger partial charge in [-0.15, -0.1) is 0 Å². The molecule has 0 spiro atoms. The Bertz CT molecular complexity index is 540. The normalized spacial score (nSPS) is 11.2. The number of rotatable bonds is 4. The zero-order valence-electron chi connectivity index (χ0n) is 9.77. The average Bonchev–Trinajstić information content (AvgIpc) is 2.31. The lowest BCUT2D eigenvalue weighted by atomic mass is 10.0. The van der Waals surface area contributed by atoms with Crippen molar-refractivity contribution in [2.75, 3.05) is 7.11 Å². The number of aryl methyl sites for hydroxylation is 1. The van der Waals surface area contributed by atoms with E-state index in [4.69, 9.17) is 10.5 Å². The third-order valence-electron chi connectivity index (χ3n) is 2.33. The first-order chi connectivity index (χ1) is 8.42. The van der Waals surface area contributed by atoms with Crippen molar-refractivity contribution in [2.24, 2.45) is 5.73 Å². The van der Waals surface area contributed by atoms with E-state index in [9.17, 15) is 14.9 Å². The Morgan fingerprint density at radius 2 is 2.17 bits per heavy atom. The molecule has 6 nitrogen and oxygen atoms in total. The number of nitro groups is 1. The maximum atomic E-state index is 11.9. The highest BCUT2D eigenvalue weighted by molar-refractivity contribution is 9.10. The van der Waals surface area contributed by atoms with Crippen LogP contribution in [0.3, 0.4) is 0 Å². The first-order valence-corrected chi connectivity index (χ1v) is 5.66. The predicted octanol–water partition coefficient (Wildman–Crippen LogP) is 2.03. The van der Waals surface area contributed by atoms with Gasteiger partial charge in [-0.05, 0) is 40.5 Å². The summed E-state index contributed by atoms with van der Waals surface area (Å²) in [6.07, 6.45) is 0.694. The van der Waals surface area contributed by atoms with Gasteiger partial charge in [-0.25, -0.2) is 0 Å². The van der Waals surface area contributed by atoms with Crippen LogP contribution in [0.2, 0.25) is 0 Å². The van der Waals surface area contributed by atoms with E-state index in [2.05, 4.69) is 15.9 Å². The quantitative estimate of drug-likeness (QED) is 0.397. The fourth-order valence-corrected chi connectivity index (χ4v) is 1.92. The molecule has 1 aromatic rings. The summed E-state index contributed by atoms with van der Waals surface area (Å²) < 4.78 is 5.60. The second-order valence-electron chi connectivity index (χ2n) is 3.44. The fraction of sp³-hybridized carbons (Fsp3) is 0.182. The predicted molar refractivity (Wildman–Crippen MR) is 69.0 cm³/mol. The van der Waals surface area contributed by atoms with Gasteiger partial charge in [0.05, 0.1) is 22.7 Å². The minimum Gasteiger partial charge on any atom is -0.496 e. The molecule has 0 heterocycles. The summed E-state index contributed by atoms with van der Waals surface area (Å²) in [7, 11) is 1.49. The molecule has 0 atom stereocenters. The van der Waals surface area contributed by atoms with Gasteiger partial charge in [-0.1, -0.05) is 0 Å². The Morgan fingerprint density at radius 1 is 1.56 bits per heavy atom. The van der Waals surface area contributed by atoms with E-state index in [1.165, 1.54) is 13.2 Å². The summed E-state index contributed by atoms with van der Waals surface area (Å²) in [5.41, 5.74) is 5.21. The zero-order valence-corrected chi connectivity index (χ0v) is 11.4. The van der Waals surface area contributed by atoms with Gasteiger partial charge in [-0.3, -0.25) is 14.9 Å². The van der Waals surface area contributed by atoms with Crippen LogP contribution in [0.25, 0.3) is 0 Å².